The van der Waals surface area contributed by atoms with Crippen molar-refractivity contribution >= 4 is 5.97 Å². The first-order valence-corrected chi connectivity index (χ1v) is 8.78. The van der Waals surface area contributed by atoms with Gasteiger partial charge in [0.25, 0.3) is 0 Å². The van der Waals surface area contributed by atoms with Crippen LogP contribution in [-0.4, -0.2) is 34.3 Å². The molecular formula is C20H26N2O3. The molecule has 1 unspecified atom stereocenters. The predicted molar refractivity (Wildman–Crippen MR) is 97.6 cm³/mol. The highest BCUT2D eigenvalue weighted by Crippen LogP contribution is 2.13. The lowest BCUT2D eigenvalue weighted by Gasteiger charge is -2.12. The molecule has 0 fully saturated rings. The summed E-state index contributed by atoms with van der Waals surface area (Å²) < 4.78 is 0. The SMILES string of the molecule is O=C(O)c1cnccc1CCCCCCNCC(O)c1ccccc1. The zero-order valence-electron chi connectivity index (χ0n) is 14.4. The lowest BCUT2D eigenvalue weighted by molar-refractivity contribution is 0.0695. The van der Waals surface area contributed by atoms with Crippen LogP contribution in [0.3, 0.4) is 0 Å². The second kappa shape index (κ2) is 10.6. The van der Waals surface area contributed by atoms with E-state index in [1.165, 1.54) is 6.20 Å². The van der Waals surface area contributed by atoms with Gasteiger partial charge in [-0.25, -0.2) is 4.79 Å². The van der Waals surface area contributed by atoms with Crippen LogP contribution >= 0.6 is 0 Å². The van der Waals surface area contributed by atoms with E-state index in [0.717, 1.165) is 49.8 Å². The van der Waals surface area contributed by atoms with Crippen molar-refractivity contribution in [2.45, 2.75) is 38.2 Å². The van der Waals surface area contributed by atoms with Crippen LogP contribution in [0.15, 0.2) is 48.8 Å². The van der Waals surface area contributed by atoms with Gasteiger partial charge in [0.05, 0.1) is 11.7 Å². The lowest BCUT2D eigenvalue weighted by atomic mass is 10.0. The summed E-state index contributed by atoms with van der Waals surface area (Å²) in [6, 6.07) is 11.4. The van der Waals surface area contributed by atoms with Gasteiger partial charge >= 0.3 is 5.97 Å². The molecule has 3 N–H and O–H groups in total. The first-order valence-electron chi connectivity index (χ1n) is 8.78. The van der Waals surface area contributed by atoms with Crippen molar-refractivity contribution in [1.82, 2.24) is 10.3 Å². The standard InChI is InChI=1S/C20H26N2O3/c23-19(17-9-5-3-6-10-17)15-21-12-7-2-1-4-8-16-11-13-22-14-18(16)20(24)25/h3,5-6,9-11,13-14,19,21,23H,1-2,4,7-8,12,15H2,(H,24,25). The molecule has 5 nitrogen and oxygen atoms in total. The van der Waals surface area contributed by atoms with Crippen molar-refractivity contribution in [1.29, 1.82) is 0 Å². The Balaban J connectivity index is 1.55. The highest BCUT2D eigenvalue weighted by atomic mass is 16.4. The Hall–Kier alpha value is -2.24. The Bertz CT molecular complexity index is 646. The van der Waals surface area contributed by atoms with E-state index in [2.05, 4.69) is 10.3 Å². The number of aliphatic hydroxyl groups excluding tert-OH is 1. The topological polar surface area (TPSA) is 82.5 Å². The van der Waals surface area contributed by atoms with Gasteiger partial charge in [0.1, 0.15) is 0 Å². The fourth-order valence-corrected chi connectivity index (χ4v) is 2.78. The van der Waals surface area contributed by atoms with E-state index in [1.807, 2.05) is 30.3 Å². The first kappa shape index (κ1) is 19.1. The molecule has 134 valence electrons. The van der Waals surface area contributed by atoms with Crippen molar-refractivity contribution in [3.05, 3.63) is 65.5 Å². The monoisotopic (exact) mass is 342 g/mol. The molecule has 2 aromatic rings. The third-order valence-corrected chi connectivity index (χ3v) is 4.21. The number of carboxylic acid groups (broad SMARTS) is 1. The average molecular weight is 342 g/mol. The summed E-state index contributed by atoms with van der Waals surface area (Å²) in [4.78, 5) is 15.0. The van der Waals surface area contributed by atoms with Crippen LogP contribution in [0.1, 0.15) is 53.3 Å². The molecule has 25 heavy (non-hydrogen) atoms. The van der Waals surface area contributed by atoms with Crippen LogP contribution in [0.2, 0.25) is 0 Å². The molecule has 0 radical (unpaired) electrons. The molecule has 1 aromatic carbocycles. The minimum Gasteiger partial charge on any atom is -0.478 e. The zero-order valence-corrected chi connectivity index (χ0v) is 14.4. The highest BCUT2D eigenvalue weighted by Gasteiger charge is 2.09. The lowest BCUT2D eigenvalue weighted by Crippen LogP contribution is -2.22. The molecule has 0 aliphatic rings. The van der Waals surface area contributed by atoms with Crippen molar-refractivity contribution in [3.63, 3.8) is 0 Å². The van der Waals surface area contributed by atoms with E-state index < -0.39 is 12.1 Å². The van der Waals surface area contributed by atoms with Gasteiger partial charge in [-0.05, 0) is 43.0 Å². The maximum atomic E-state index is 11.1. The molecule has 2 rings (SSSR count). The molecule has 0 bridgehead atoms. The van der Waals surface area contributed by atoms with Crippen molar-refractivity contribution in [2.75, 3.05) is 13.1 Å². The van der Waals surface area contributed by atoms with Crippen LogP contribution in [-0.2, 0) is 6.42 Å². The van der Waals surface area contributed by atoms with Crippen LogP contribution in [0.4, 0.5) is 0 Å². The van der Waals surface area contributed by atoms with Gasteiger partial charge < -0.3 is 15.5 Å². The van der Waals surface area contributed by atoms with Crippen molar-refractivity contribution in [3.8, 4) is 0 Å². The van der Waals surface area contributed by atoms with Gasteiger partial charge in [-0.15, -0.1) is 0 Å². The average Bonchev–Trinajstić information content (AvgIpc) is 2.64. The van der Waals surface area contributed by atoms with Crippen molar-refractivity contribution < 1.29 is 15.0 Å². The fourth-order valence-electron chi connectivity index (χ4n) is 2.78. The number of hydrogen-bond acceptors (Lipinski definition) is 4. The van der Waals surface area contributed by atoms with Crippen LogP contribution in [0, 0.1) is 0 Å². The Morgan fingerprint density at radius 3 is 2.60 bits per heavy atom. The summed E-state index contributed by atoms with van der Waals surface area (Å²) in [5.74, 6) is -0.913. The van der Waals surface area contributed by atoms with Gasteiger partial charge in [0.2, 0.25) is 0 Å². The van der Waals surface area contributed by atoms with Crippen LogP contribution in [0.25, 0.3) is 0 Å². The number of aromatic carboxylic acids is 1. The Kier molecular flexibility index (Phi) is 8.09. The minimum atomic E-state index is -0.913. The third-order valence-electron chi connectivity index (χ3n) is 4.21. The van der Waals surface area contributed by atoms with Crippen LogP contribution < -0.4 is 5.32 Å². The molecule has 0 aliphatic heterocycles. The molecule has 1 aromatic heterocycles. The van der Waals surface area contributed by atoms with E-state index in [0.29, 0.717) is 12.1 Å². The van der Waals surface area contributed by atoms with Gasteiger partial charge in [-0.3, -0.25) is 4.98 Å². The number of rotatable bonds is 11. The Labute approximate surface area is 148 Å². The first-order chi connectivity index (χ1) is 12.2. The minimum absolute atomic E-state index is 0.305. The van der Waals surface area contributed by atoms with Crippen LogP contribution in [0.5, 0.6) is 0 Å². The van der Waals surface area contributed by atoms with E-state index in [1.54, 1.807) is 12.3 Å². The summed E-state index contributed by atoms with van der Waals surface area (Å²) in [5.41, 5.74) is 2.09. The number of pyridine rings is 1. The van der Waals surface area contributed by atoms with E-state index in [4.69, 9.17) is 5.11 Å². The number of nitrogens with one attached hydrogen (secondary N) is 1. The maximum absolute atomic E-state index is 11.1. The van der Waals surface area contributed by atoms with Crippen molar-refractivity contribution in [2.24, 2.45) is 0 Å². The number of carboxylic acids is 1. The third kappa shape index (κ3) is 6.64. The summed E-state index contributed by atoms with van der Waals surface area (Å²) in [5, 5.41) is 22.4. The van der Waals surface area contributed by atoms with Gasteiger partial charge in [-0.1, -0.05) is 43.2 Å². The number of nitrogens with zero attached hydrogens (tertiary/aromatic N) is 1. The normalized spacial score (nSPS) is 12.0. The molecule has 0 amide bonds. The smallest absolute Gasteiger partial charge is 0.337 e. The number of benzene rings is 1. The Morgan fingerprint density at radius 1 is 1.08 bits per heavy atom. The largest absolute Gasteiger partial charge is 0.478 e. The number of aliphatic hydroxyl groups is 1. The Morgan fingerprint density at radius 2 is 1.84 bits per heavy atom. The van der Waals surface area contributed by atoms with Gasteiger partial charge in [-0.2, -0.15) is 0 Å². The molecule has 0 spiro atoms. The number of hydrogen-bond donors (Lipinski definition) is 3. The molecule has 5 heteroatoms. The van der Waals surface area contributed by atoms with E-state index in [-0.39, 0.29) is 0 Å². The van der Waals surface area contributed by atoms with E-state index >= 15 is 0 Å². The summed E-state index contributed by atoms with van der Waals surface area (Å²) in [6.45, 7) is 1.43. The molecule has 0 saturated heterocycles. The number of unbranched alkanes of at least 4 members (excludes halogenated alkanes) is 3. The summed E-state index contributed by atoms with van der Waals surface area (Å²) in [7, 11) is 0. The van der Waals surface area contributed by atoms with Gasteiger partial charge in [0, 0.05) is 18.9 Å². The predicted octanol–water partition coefficient (Wildman–Crippen LogP) is 3.21. The second-order valence-corrected chi connectivity index (χ2v) is 6.13. The zero-order chi connectivity index (χ0) is 17.9. The quantitative estimate of drug-likeness (QED) is 0.546. The van der Waals surface area contributed by atoms with Gasteiger partial charge in [0.15, 0.2) is 0 Å². The maximum Gasteiger partial charge on any atom is 0.337 e. The molecule has 0 aliphatic carbocycles. The number of aromatic nitrogens is 1. The molecular weight excluding hydrogens is 316 g/mol. The molecule has 0 saturated carbocycles. The number of carbonyl (C=O) groups is 1. The fraction of sp³-hybridized carbons (Fsp3) is 0.400. The van der Waals surface area contributed by atoms with E-state index in [9.17, 15) is 9.90 Å². The highest BCUT2D eigenvalue weighted by molar-refractivity contribution is 5.88. The molecule has 1 atom stereocenters. The number of aryl methyl sites for hydroxylation is 1. The summed E-state index contributed by atoms with van der Waals surface area (Å²) >= 11 is 0. The summed E-state index contributed by atoms with van der Waals surface area (Å²) in [6.07, 6.45) is 7.52. The molecule has 1 heterocycles. The second-order valence-electron chi connectivity index (χ2n) is 6.13.